The molecule has 1 heterocycles. The molecule has 1 aliphatic heterocycles. The molecule has 0 saturated heterocycles. The van der Waals surface area contributed by atoms with Gasteiger partial charge in [0.15, 0.2) is 0 Å². The zero-order valence-corrected chi connectivity index (χ0v) is 16.1. The Morgan fingerprint density at radius 2 is 1.52 bits per heavy atom. The van der Waals surface area contributed by atoms with Crippen molar-refractivity contribution in [2.75, 3.05) is 0 Å². The van der Waals surface area contributed by atoms with Gasteiger partial charge < -0.3 is 4.74 Å². The van der Waals surface area contributed by atoms with E-state index in [0.29, 0.717) is 0 Å². The molecule has 2 atom stereocenters. The Hall–Kier alpha value is -2.65. The second-order valence-electron chi connectivity index (χ2n) is 7.02. The molecule has 3 heteroatoms. The number of ether oxygens (including phenoxy) is 1. The van der Waals surface area contributed by atoms with Gasteiger partial charge in [-0.05, 0) is 40.8 Å². The maximum absolute atomic E-state index is 13.1. The monoisotopic (exact) mass is 416 g/mol. The van der Waals surface area contributed by atoms with Crippen LogP contribution in [0.5, 0.6) is 0 Å². The highest BCUT2D eigenvalue weighted by Gasteiger charge is 2.45. The van der Waals surface area contributed by atoms with Gasteiger partial charge in [-0.15, -0.1) is 0 Å². The predicted octanol–water partition coefficient (Wildman–Crippen LogP) is 5.84. The standard InChI is InChI=1S/C24H17BrO2/c25-18-12-10-16(11-13-18)23-20-14-17-8-4-5-9-19(17)22(20)21(24(26)27-23)15-6-2-1-3-7-15/h1-13,21-22H,14H2. The molecule has 5 rings (SSSR count). The Labute approximate surface area is 166 Å². The topological polar surface area (TPSA) is 26.3 Å². The summed E-state index contributed by atoms with van der Waals surface area (Å²) in [5, 5.41) is 0. The summed E-state index contributed by atoms with van der Waals surface area (Å²) < 4.78 is 6.96. The molecule has 27 heavy (non-hydrogen) atoms. The minimum absolute atomic E-state index is 0.0310. The van der Waals surface area contributed by atoms with Crippen LogP contribution in [0.15, 0.2) is 88.9 Å². The first-order chi connectivity index (χ1) is 13.2. The summed E-state index contributed by atoms with van der Waals surface area (Å²) in [6, 6.07) is 26.4. The van der Waals surface area contributed by atoms with Gasteiger partial charge in [0.1, 0.15) is 5.76 Å². The van der Waals surface area contributed by atoms with Gasteiger partial charge in [-0.3, -0.25) is 4.79 Å². The second-order valence-corrected chi connectivity index (χ2v) is 7.94. The maximum Gasteiger partial charge on any atom is 0.319 e. The van der Waals surface area contributed by atoms with Gasteiger partial charge >= 0.3 is 5.97 Å². The lowest BCUT2D eigenvalue weighted by Gasteiger charge is -2.31. The molecule has 0 N–H and O–H groups in total. The van der Waals surface area contributed by atoms with E-state index in [1.807, 2.05) is 54.6 Å². The number of halogens is 1. The minimum Gasteiger partial charge on any atom is -0.425 e. The van der Waals surface area contributed by atoms with Crippen molar-refractivity contribution in [3.8, 4) is 0 Å². The Kier molecular flexibility index (Phi) is 3.98. The van der Waals surface area contributed by atoms with Crippen LogP contribution in [-0.4, -0.2) is 5.97 Å². The first-order valence-corrected chi connectivity index (χ1v) is 9.85. The quantitative estimate of drug-likeness (QED) is 0.490. The summed E-state index contributed by atoms with van der Waals surface area (Å²) in [7, 11) is 0. The minimum atomic E-state index is -0.302. The molecule has 1 aliphatic carbocycles. The maximum atomic E-state index is 13.1. The molecule has 0 amide bonds. The van der Waals surface area contributed by atoms with E-state index < -0.39 is 0 Å². The largest absolute Gasteiger partial charge is 0.425 e. The van der Waals surface area contributed by atoms with E-state index in [1.165, 1.54) is 16.7 Å². The fourth-order valence-corrected chi connectivity index (χ4v) is 4.57. The molecule has 2 nitrogen and oxygen atoms in total. The molecule has 0 fully saturated rings. The molecule has 0 spiro atoms. The second kappa shape index (κ2) is 6.50. The summed E-state index contributed by atoms with van der Waals surface area (Å²) >= 11 is 3.48. The van der Waals surface area contributed by atoms with Crippen molar-refractivity contribution in [2.45, 2.75) is 18.3 Å². The molecule has 3 aromatic rings. The molecular weight excluding hydrogens is 400 g/mol. The number of carbonyl (C=O) groups is 1. The Bertz CT molecular complexity index is 1050. The predicted molar refractivity (Wildman–Crippen MR) is 109 cm³/mol. The van der Waals surface area contributed by atoms with E-state index in [1.54, 1.807) is 0 Å². The number of carbonyl (C=O) groups excluding carboxylic acids is 1. The fraction of sp³-hybridized carbons (Fsp3) is 0.125. The Morgan fingerprint density at radius 1 is 0.815 bits per heavy atom. The normalized spacial score (nSPS) is 20.9. The van der Waals surface area contributed by atoms with Crippen molar-refractivity contribution in [1.29, 1.82) is 0 Å². The van der Waals surface area contributed by atoms with Crippen molar-refractivity contribution in [3.63, 3.8) is 0 Å². The van der Waals surface area contributed by atoms with Crippen LogP contribution in [0.4, 0.5) is 0 Å². The third kappa shape index (κ3) is 2.74. The van der Waals surface area contributed by atoms with Gasteiger partial charge in [0.05, 0.1) is 5.92 Å². The van der Waals surface area contributed by atoms with Crippen LogP contribution < -0.4 is 0 Å². The molecule has 0 radical (unpaired) electrons. The van der Waals surface area contributed by atoms with Gasteiger partial charge in [-0.2, -0.15) is 0 Å². The smallest absolute Gasteiger partial charge is 0.319 e. The molecule has 2 unspecified atom stereocenters. The molecule has 0 saturated carbocycles. The van der Waals surface area contributed by atoms with Crippen molar-refractivity contribution in [1.82, 2.24) is 0 Å². The zero-order chi connectivity index (χ0) is 18.4. The first kappa shape index (κ1) is 16.5. The number of hydrogen-bond donors (Lipinski definition) is 0. The van der Waals surface area contributed by atoms with Crippen LogP contribution in [0.1, 0.15) is 34.1 Å². The van der Waals surface area contributed by atoms with Crippen molar-refractivity contribution < 1.29 is 9.53 Å². The van der Waals surface area contributed by atoms with Gasteiger partial charge in [-0.1, -0.05) is 82.7 Å². The third-order valence-corrected chi connectivity index (χ3v) is 6.02. The van der Waals surface area contributed by atoms with E-state index >= 15 is 0 Å². The van der Waals surface area contributed by atoms with E-state index in [4.69, 9.17) is 4.74 Å². The number of cyclic esters (lactones) is 1. The van der Waals surface area contributed by atoms with Crippen molar-refractivity contribution >= 4 is 27.7 Å². The summed E-state index contributed by atoms with van der Waals surface area (Å²) in [4.78, 5) is 13.1. The zero-order valence-electron chi connectivity index (χ0n) is 14.6. The molecule has 0 aromatic heterocycles. The first-order valence-electron chi connectivity index (χ1n) is 9.06. The van der Waals surface area contributed by atoms with E-state index in [9.17, 15) is 4.79 Å². The lowest BCUT2D eigenvalue weighted by molar-refractivity contribution is -0.139. The fourth-order valence-electron chi connectivity index (χ4n) is 4.30. The number of fused-ring (bicyclic) bond motifs is 3. The summed E-state index contributed by atoms with van der Waals surface area (Å²) in [6.45, 7) is 0. The van der Waals surface area contributed by atoms with E-state index in [-0.39, 0.29) is 17.8 Å². The molecule has 0 bridgehead atoms. The summed E-state index contributed by atoms with van der Waals surface area (Å²) in [5.41, 5.74) is 5.69. The highest BCUT2D eigenvalue weighted by Crippen LogP contribution is 2.52. The lowest BCUT2D eigenvalue weighted by Crippen LogP contribution is -2.27. The highest BCUT2D eigenvalue weighted by atomic mass is 79.9. The number of hydrogen-bond acceptors (Lipinski definition) is 2. The number of rotatable bonds is 2. The lowest BCUT2D eigenvalue weighted by atomic mass is 9.78. The van der Waals surface area contributed by atoms with Crippen LogP contribution >= 0.6 is 15.9 Å². The van der Waals surface area contributed by atoms with Crippen molar-refractivity contribution in [2.24, 2.45) is 0 Å². The number of esters is 1. The van der Waals surface area contributed by atoms with E-state index in [2.05, 4.69) is 40.2 Å². The highest BCUT2D eigenvalue weighted by molar-refractivity contribution is 9.10. The molecular formula is C24H17BrO2. The van der Waals surface area contributed by atoms with Gasteiger partial charge in [0, 0.05) is 16.0 Å². The van der Waals surface area contributed by atoms with E-state index in [0.717, 1.165) is 27.8 Å². The Morgan fingerprint density at radius 3 is 2.30 bits per heavy atom. The number of allylic oxidation sites excluding steroid dienone is 1. The van der Waals surface area contributed by atoms with Crippen molar-refractivity contribution in [3.05, 3.63) is 111 Å². The van der Waals surface area contributed by atoms with Crippen LogP contribution in [0, 0.1) is 0 Å². The number of benzene rings is 3. The van der Waals surface area contributed by atoms with Gasteiger partial charge in [-0.25, -0.2) is 0 Å². The van der Waals surface area contributed by atoms with Crippen LogP contribution in [0.2, 0.25) is 0 Å². The van der Waals surface area contributed by atoms with Crippen LogP contribution in [0.3, 0.4) is 0 Å². The molecule has 132 valence electrons. The van der Waals surface area contributed by atoms with Gasteiger partial charge in [0.25, 0.3) is 0 Å². The average molecular weight is 417 g/mol. The van der Waals surface area contributed by atoms with Gasteiger partial charge in [0.2, 0.25) is 0 Å². The summed E-state index contributed by atoms with van der Waals surface area (Å²) in [5.74, 6) is 0.276. The molecule has 2 aliphatic rings. The third-order valence-electron chi connectivity index (χ3n) is 5.49. The SMILES string of the molecule is O=C1OC(c2ccc(Br)cc2)=C2Cc3ccccc3C2C1c1ccccc1. The average Bonchev–Trinajstić information content (AvgIpc) is 3.08. The Balaban J connectivity index is 1.71. The summed E-state index contributed by atoms with van der Waals surface area (Å²) in [6.07, 6.45) is 0.822. The van der Waals surface area contributed by atoms with Crippen LogP contribution in [-0.2, 0) is 16.0 Å². The molecule has 3 aromatic carbocycles. The van der Waals surface area contributed by atoms with Crippen LogP contribution in [0.25, 0.3) is 5.76 Å².